The number of methoxy groups -OCH3 is 1. The van der Waals surface area contributed by atoms with Crippen LogP contribution in [0.4, 0.5) is 5.69 Å². The van der Waals surface area contributed by atoms with Gasteiger partial charge < -0.3 is 20.1 Å². The van der Waals surface area contributed by atoms with Crippen molar-refractivity contribution < 1.29 is 14.3 Å². The number of hydrogen-bond donors (Lipinski definition) is 1. The summed E-state index contributed by atoms with van der Waals surface area (Å²) in [7, 11) is 1.65. The number of anilines is 1. The lowest BCUT2D eigenvalue weighted by molar-refractivity contribution is -0.129. The molecule has 1 amide bonds. The Kier molecular flexibility index (Phi) is 3.63. The Bertz CT molecular complexity index is 518. The van der Waals surface area contributed by atoms with E-state index in [1.54, 1.807) is 7.11 Å². The number of ether oxygens (including phenoxy) is 2. The van der Waals surface area contributed by atoms with E-state index in [0.29, 0.717) is 13.1 Å². The van der Waals surface area contributed by atoms with Gasteiger partial charge in [0.05, 0.1) is 13.2 Å². The Hall–Kier alpha value is -1.59. The third kappa shape index (κ3) is 2.27. The van der Waals surface area contributed by atoms with Gasteiger partial charge in [-0.15, -0.1) is 0 Å². The van der Waals surface area contributed by atoms with Crippen LogP contribution in [0.1, 0.15) is 18.4 Å². The molecule has 108 valence electrons. The molecule has 2 heterocycles. The van der Waals surface area contributed by atoms with Gasteiger partial charge in [0.2, 0.25) is 0 Å². The highest BCUT2D eigenvalue weighted by atomic mass is 16.5. The van der Waals surface area contributed by atoms with Gasteiger partial charge in [0, 0.05) is 18.8 Å². The van der Waals surface area contributed by atoms with Crippen molar-refractivity contribution in [2.24, 2.45) is 5.73 Å². The highest BCUT2D eigenvalue weighted by molar-refractivity contribution is 5.98. The number of nitrogens with zero attached hydrogens (tertiary/aromatic N) is 1. The second-order valence-electron chi connectivity index (χ2n) is 5.29. The van der Waals surface area contributed by atoms with Crippen LogP contribution in [0.3, 0.4) is 0 Å². The lowest BCUT2D eigenvalue weighted by atomic mass is 10.1. The molecule has 20 heavy (non-hydrogen) atoms. The SMILES string of the molecule is COc1ccc2c(c1)CCN2C(=O)[C@@H]1CC[C@H](CN)O1. The average molecular weight is 276 g/mol. The predicted molar refractivity (Wildman–Crippen MR) is 76.0 cm³/mol. The fraction of sp³-hybridized carbons (Fsp3) is 0.533. The van der Waals surface area contributed by atoms with E-state index < -0.39 is 0 Å². The number of rotatable bonds is 3. The first kappa shape index (κ1) is 13.4. The number of fused-ring (bicyclic) bond motifs is 1. The van der Waals surface area contributed by atoms with E-state index in [4.69, 9.17) is 15.2 Å². The Morgan fingerprint density at radius 3 is 3.05 bits per heavy atom. The van der Waals surface area contributed by atoms with Crippen LogP contribution in [-0.4, -0.2) is 38.3 Å². The number of carbonyl (C=O) groups excluding carboxylic acids is 1. The first-order valence-corrected chi connectivity index (χ1v) is 7.06. The summed E-state index contributed by atoms with van der Waals surface area (Å²) in [6.07, 6.45) is 2.20. The maximum Gasteiger partial charge on any atom is 0.256 e. The van der Waals surface area contributed by atoms with Gasteiger partial charge >= 0.3 is 0 Å². The van der Waals surface area contributed by atoms with Crippen molar-refractivity contribution in [1.82, 2.24) is 0 Å². The third-order valence-corrected chi connectivity index (χ3v) is 4.09. The molecule has 5 heteroatoms. The van der Waals surface area contributed by atoms with E-state index in [0.717, 1.165) is 36.3 Å². The standard InChI is InChI=1S/C15H20N2O3/c1-19-11-2-4-13-10(8-11)6-7-17(13)15(18)14-5-3-12(9-16)20-14/h2,4,8,12,14H,3,5-7,9,16H2,1H3/t12-,14+/m1/s1. The molecule has 2 atom stereocenters. The molecular formula is C15H20N2O3. The van der Waals surface area contributed by atoms with Crippen LogP contribution in [0.25, 0.3) is 0 Å². The van der Waals surface area contributed by atoms with E-state index in [2.05, 4.69) is 0 Å². The maximum atomic E-state index is 12.6. The van der Waals surface area contributed by atoms with Gasteiger partial charge in [-0.1, -0.05) is 0 Å². The summed E-state index contributed by atoms with van der Waals surface area (Å²) in [6, 6.07) is 5.85. The zero-order valence-electron chi connectivity index (χ0n) is 11.7. The molecule has 0 unspecified atom stereocenters. The molecular weight excluding hydrogens is 256 g/mol. The summed E-state index contributed by atoms with van der Waals surface area (Å²) >= 11 is 0. The second-order valence-corrected chi connectivity index (χ2v) is 5.29. The van der Waals surface area contributed by atoms with E-state index >= 15 is 0 Å². The van der Waals surface area contributed by atoms with Crippen LogP contribution in [0, 0.1) is 0 Å². The maximum absolute atomic E-state index is 12.6. The highest BCUT2D eigenvalue weighted by Crippen LogP contribution is 2.33. The molecule has 2 aliphatic rings. The lowest BCUT2D eigenvalue weighted by Crippen LogP contribution is -2.38. The molecule has 5 nitrogen and oxygen atoms in total. The summed E-state index contributed by atoms with van der Waals surface area (Å²) in [4.78, 5) is 14.4. The molecule has 0 aliphatic carbocycles. The van der Waals surface area contributed by atoms with Crippen molar-refractivity contribution in [3.8, 4) is 5.75 Å². The van der Waals surface area contributed by atoms with Gasteiger partial charge in [-0.2, -0.15) is 0 Å². The Balaban J connectivity index is 1.76. The van der Waals surface area contributed by atoms with Crippen molar-refractivity contribution in [3.05, 3.63) is 23.8 Å². The molecule has 1 aromatic carbocycles. The molecule has 2 N–H and O–H groups in total. The van der Waals surface area contributed by atoms with Crippen LogP contribution in [0.5, 0.6) is 5.75 Å². The summed E-state index contributed by atoms with van der Waals surface area (Å²) in [5.74, 6) is 0.892. The van der Waals surface area contributed by atoms with Crippen molar-refractivity contribution in [1.29, 1.82) is 0 Å². The van der Waals surface area contributed by atoms with Crippen molar-refractivity contribution in [3.63, 3.8) is 0 Å². The Morgan fingerprint density at radius 2 is 2.35 bits per heavy atom. The highest BCUT2D eigenvalue weighted by Gasteiger charge is 2.35. The smallest absolute Gasteiger partial charge is 0.256 e. The summed E-state index contributed by atoms with van der Waals surface area (Å²) < 4.78 is 10.9. The second kappa shape index (κ2) is 5.42. The third-order valence-electron chi connectivity index (χ3n) is 4.09. The van der Waals surface area contributed by atoms with Crippen molar-refractivity contribution >= 4 is 11.6 Å². The van der Waals surface area contributed by atoms with E-state index in [-0.39, 0.29) is 18.1 Å². The molecule has 0 aromatic heterocycles. The van der Waals surface area contributed by atoms with E-state index in [9.17, 15) is 4.79 Å². The fourth-order valence-corrected chi connectivity index (χ4v) is 2.97. The van der Waals surface area contributed by atoms with Crippen LogP contribution in [-0.2, 0) is 16.0 Å². The normalized spacial score (nSPS) is 24.8. The quantitative estimate of drug-likeness (QED) is 0.897. The average Bonchev–Trinajstić information content (AvgIpc) is 3.12. The Morgan fingerprint density at radius 1 is 1.50 bits per heavy atom. The van der Waals surface area contributed by atoms with Gasteiger partial charge in [-0.05, 0) is 43.0 Å². The number of benzene rings is 1. The molecule has 1 fully saturated rings. The summed E-state index contributed by atoms with van der Waals surface area (Å²) in [5, 5.41) is 0. The van der Waals surface area contributed by atoms with Crippen LogP contribution >= 0.6 is 0 Å². The summed E-state index contributed by atoms with van der Waals surface area (Å²) in [6.45, 7) is 1.20. The summed E-state index contributed by atoms with van der Waals surface area (Å²) in [5.41, 5.74) is 7.73. The predicted octanol–water partition coefficient (Wildman–Crippen LogP) is 1.09. The molecule has 0 bridgehead atoms. The molecule has 3 rings (SSSR count). The van der Waals surface area contributed by atoms with E-state index in [1.165, 1.54) is 0 Å². The van der Waals surface area contributed by atoms with Gasteiger partial charge in [-0.3, -0.25) is 4.79 Å². The molecule has 2 aliphatic heterocycles. The van der Waals surface area contributed by atoms with Crippen LogP contribution in [0.15, 0.2) is 18.2 Å². The van der Waals surface area contributed by atoms with Gasteiger partial charge in [0.15, 0.2) is 0 Å². The first-order valence-electron chi connectivity index (χ1n) is 7.06. The minimum atomic E-state index is -0.336. The molecule has 1 aromatic rings. The number of nitrogens with two attached hydrogens (primary N) is 1. The minimum Gasteiger partial charge on any atom is -0.497 e. The molecule has 0 radical (unpaired) electrons. The van der Waals surface area contributed by atoms with Crippen molar-refractivity contribution in [2.45, 2.75) is 31.5 Å². The van der Waals surface area contributed by atoms with Crippen LogP contribution in [0.2, 0.25) is 0 Å². The zero-order valence-corrected chi connectivity index (χ0v) is 11.7. The van der Waals surface area contributed by atoms with Crippen molar-refractivity contribution in [2.75, 3.05) is 25.1 Å². The van der Waals surface area contributed by atoms with Gasteiger partial charge in [-0.25, -0.2) is 0 Å². The van der Waals surface area contributed by atoms with E-state index in [1.807, 2.05) is 23.1 Å². The fourth-order valence-electron chi connectivity index (χ4n) is 2.97. The van der Waals surface area contributed by atoms with Crippen LogP contribution < -0.4 is 15.4 Å². The zero-order chi connectivity index (χ0) is 14.1. The minimum absolute atomic E-state index is 0.0295. The Labute approximate surface area is 118 Å². The first-order chi connectivity index (χ1) is 9.72. The molecule has 0 spiro atoms. The van der Waals surface area contributed by atoms with Gasteiger partial charge in [0.25, 0.3) is 5.91 Å². The van der Waals surface area contributed by atoms with Gasteiger partial charge in [0.1, 0.15) is 11.9 Å². The monoisotopic (exact) mass is 276 g/mol. The number of amides is 1. The lowest BCUT2D eigenvalue weighted by Gasteiger charge is -2.21. The molecule has 1 saturated heterocycles. The number of hydrogen-bond acceptors (Lipinski definition) is 4. The largest absolute Gasteiger partial charge is 0.497 e. The molecule has 0 saturated carbocycles. The topological polar surface area (TPSA) is 64.8 Å². The number of carbonyl (C=O) groups is 1.